The highest BCUT2D eigenvalue weighted by Gasteiger charge is 2.22. The zero-order chi connectivity index (χ0) is 11.5. The van der Waals surface area contributed by atoms with Gasteiger partial charge < -0.3 is 10.0 Å². The van der Waals surface area contributed by atoms with E-state index in [0.717, 1.165) is 5.56 Å². The number of rotatable bonds is 3. The van der Waals surface area contributed by atoms with Gasteiger partial charge in [0.2, 0.25) is 0 Å². The molecule has 1 aliphatic carbocycles. The smallest absolute Gasteiger partial charge is 0.0781 e. The highest BCUT2D eigenvalue weighted by atomic mass is 16.3. The Morgan fingerprint density at radius 3 is 2.50 bits per heavy atom. The van der Waals surface area contributed by atoms with Gasteiger partial charge in [0.1, 0.15) is 0 Å². The molecule has 1 N–H and O–H groups in total. The molecular formula is C14H21NO. The lowest BCUT2D eigenvalue weighted by Crippen LogP contribution is -2.29. The number of para-hydroxylation sites is 1. The van der Waals surface area contributed by atoms with Crippen molar-refractivity contribution in [2.24, 2.45) is 0 Å². The lowest BCUT2D eigenvalue weighted by molar-refractivity contribution is 0.199. The fourth-order valence-electron chi connectivity index (χ4n) is 2.65. The molecule has 1 aromatic rings. The van der Waals surface area contributed by atoms with Crippen LogP contribution in [0, 0.1) is 0 Å². The summed E-state index contributed by atoms with van der Waals surface area (Å²) < 4.78 is 0. The van der Waals surface area contributed by atoms with E-state index in [1.807, 2.05) is 25.1 Å². The SMILES string of the molecule is C[C@H](O)c1ccccc1N(C)C1CCCC1. The molecule has 2 rings (SSSR count). The van der Waals surface area contributed by atoms with Crippen molar-refractivity contribution in [3.63, 3.8) is 0 Å². The van der Waals surface area contributed by atoms with E-state index in [4.69, 9.17) is 0 Å². The van der Waals surface area contributed by atoms with E-state index in [9.17, 15) is 5.11 Å². The average Bonchev–Trinajstić information content (AvgIpc) is 2.81. The Labute approximate surface area is 97.9 Å². The van der Waals surface area contributed by atoms with Gasteiger partial charge in [-0.2, -0.15) is 0 Å². The molecule has 1 saturated carbocycles. The molecule has 1 aliphatic rings. The summed E-state index contributed by atoms with van der Waals surface area (Å²) in [5.41, 5.74) is 2.22. The largest absolute Gasteiger partial charge is 0.389 e. The van der Waals surface area contributed by atoms with Gasteiger partial charge in [0, 0.05) is 24.3 Å². The van der Waals surface area contributed by atoms with E-state index in [1.165, 1.54) is 31.4 Å². The number of hydrogen-bond acceptors (Lipinski definition) is 2. The van der Waals surface area contributed by atoms with Gasteiger partial charge in [0.05, 0.1) is 6.10 Å². The van der Waals surface area contributed by atoms with Crippen LogP contribution in [0.2, 0.25) is 0 Å². The molecule has 88 valence electrons. The molecule has 0 aliphatic heterocycles. The van der Waals surface area contributed by atoms with Crippen LogP contribution in [-0.2, 0) is 0 Å². The topological polar surface area (TPSA) is 23.5 Å². The number of aliphatic hydroxyl groups excluding tert-OH is 1. The van der Waals surface area contributed by atoms with Crippen LogP contribution in [0.5, 0.6) is 0 Å². The molecule has 1 atom stereocenters. The zero-order valence-electron chi connectivity index (χ0n) is 10.2. The quantitative estimate of drug-likeness (QED) is 0.844. The van der Waals surface area contributed by atoms with Crippen LogP contribution in [0.3, 0.4) is 0 Å². The standard InChI is InChI=1S/C14H21NO/c1-11(16)13-9-5-6-10-14(13)15(2)12-7-3-4-8-12/h5-6,9-12,16H,3-4,7-8H2,1-2H3/t11-/m0/s1. The first kappa shape index (κ1) is 11.5. The van der Waals surface area contributed by atoms with Crippen molar-refractivity contribution >= 4 is 5.69 Å². The molecule has 0 aromatic heterocycles. The number of aliphatic hydroxyl groups is 1. The van der Waals surface area contributed by atoms with Crippen molar-refractivity contribution in [1.82, 2.24) is 0 Å². The predicted molar refractivity (Wildman–Crippen MR) is 67.7 cm³/mol. The van der Waals surface area contributed by atoms with E-state index in [1.54, 1.807) is 0 Å². The molecule has 0 bridgehead atoms. The summed E-state index contributed by atoms with van der Waals surface area (Å²) in [5, 5.41) is 9.77. The molecular weight excluding hydrogens is 198 g/mol. The lowest BCUT2D eigenvalue weighted by Gasteiger charge is -2.29. The third-order valence-corrected chi connectivity index (χ3v) is 3.64. The molecule has 2 nitrogen and oxygen atoms in total. The fourth-order valence-corrected chi connectivity index (χ4v) is 2.65. The second-order valence-corrected chi connectivity index (χ2v) is 4.78. The van der Waals surface area contributed by atoms with Crippen molar-refractivity contribution < 1.29 is 5.11 Å². The van der Waals surface area contributed by atoms with E-state index >= 15 is 0 Å². The molecule has 0 radical (unpaired) electrons. The molecule has 0 spiro atoms. The Morgan fingerprint density at radius 2 is 1.88 bits per heavy atom. The molecule has 1 fully saturated rings. The molecule has 0 amide bonds. The Kier molecular flexibility index (Phi) is 3.49. The highest BCUT2D eigenvalue weighted by Crippen LogP contribution is 2.31. The third-order valence-electron chi connectivity index (χ3n) is 3.64. The maximum atomic E-state index is 9.77. The average molecular weight is 219 g/mol. The normalized spacial score (nSPS) is 18.7. The molecule has 1 aromatic carbocycles. The van der Waals surface area contributed by atoms with Crippen LogP contribution >= 0.6 is 0 Å². The van der Waals surface area contributed by atoms with Gasteiger partial charge in [-0.15, -0.1) is 0 Å². The Hall–Kier alpha value is -1.02. The van der Waals surface area contributed by atoms with Gasteiger partial charge >= 0.3 is 0 Å². The predicted octanol–water partition coefficient (Wildman–Crippen LogP) is 3.12. The van der Waals surface area contributed by atoms with Crippen LogP contribution in [0.1, 0.15) is 44.3 Å². The number of hydrogen-bond donors (Lipinski definition) is 1. The first-order valence-corrected chi connectivity index (χ1v) is 6.20. The van der Waals surface area contributed by atoms with Crippen molar-refractivity contribution in [1.29, 1.82) is 0 Å². The van der Waals surface area contributed by atoms with Gasteiger partial charge in [0.25, 0.3) is 0 Å². The first-order chi connectivity index (χ1) is 7.70. The minimum Gasteiger partial charge on any atom is -0.389 e. The van der Waals surface area contributed by atoms with Gasteiger partial charge in [-0.3, -0.25) is 0 Å². The van der Waals surface area contributed by atoms with Gasteiger partial charge in [-0.05, 0) is 25.8 Å². The second-order valence-electron chi connectivity index (χ2n) is 4.78. The third kappa shape index (κ3) is 2.22. The minimum atomic E-state index is -0.389. The number of benzene rings is 1. The zero-order valence-corrected chi connectivity index (χ0v) is 10.2. The van der Waals surface area contributed by atoms with Crippen LogP contribution in [0.15, 0.2) is 24.3 Å². The van der Waals surface area contributed by atoms with E-state index < -0.39 is 0 Å². The summed E-state index contributed by atoms with van der Waals surface area (Å²) in [5.74, 6) is 0. The van der Waals surface area contributed by atoms with Crippen molar-refractivity contribution in [3.8, 4) is 0 Å². The molecule has 0 heterocycles. The molecule has 0 saturated heterocycles. The van der Waals surface area contributed by atoms with Gasteiger partial charge in [0.15, 0.2) is 0 Å². The van der Waals surface area contributed by atoms with E-state index in [0.29, 0.717) is 6.04 Å². The summed E-state index contributed by atoms with van der Waals surface area (Å²) >= 11 is 0. The minimum absolute atomic E-state index is 0.389. The Bertz CT molecular complexity index is 342. The Balaban J connectivity index is 2.24. The monoisotopic (exact) mass is 219 g/mol. The van der Waals surface area contributed by atoms with Crippen LogP contribution in [0.4, 0.5) is 5.69 Å². The maximum absolute atomic E-state index is 9.77. The second kappa shape index (κ2) is 4.88. The first-order valence-electron chi connectivity index (χ1n) is 6.20. The Morgan fingerprint density at radius 1 is 1.25 bits per heavy atom. The number of anilines is 1. The van der Waals surface area contributed by atoms with Gasteiger partial charge in [-0.1, -0.05) is 31.0 Å². The summed E-state index contributed by atoms with van der Waals surface area (Å²) in [6.07, 6.45) is 4.85. The molecule has 0 unspecified atom stereocenters. The summed E-state index contributed by atoms with van der Waals surface area (Å²) in [4.78, 5) is 2.34. The highest BCUT2D eigenvalue weighted by molar-refractivity contribution is 5.54. The van der Waals surface area contributed by atoms with Gasteiger partial charge in [-0.25, -0.2) is 0 Å². The van der Waals surface area contributed by atoms with Crippen LogP contribution in [0.25, 0.3) is 0 Å². The van der Waals surface area contributed by atoms with Crippen molar-refractivity contribution in [2.45, 2.75) is 44.8 Å². The summed E-state index contributed by atoms with van der Waals surface area (Å²) in [7, 11) is 2.15. The maximum Gasteiger partial charge on any atom is 0.0781 e. The van der Waals surface area contributed by atoms with Crippen LogP contribution in [-0.4, -0.2) is 18.2 Å². The summed E-state index contributed by atoms with van der Waals surface area (Å²) in [6.45, 7) is 1.83. The number of nitrogens with zero attached hydrogens (tertiary/aromatic N) is 1. The van der Waals surface area contributed by atoms with Crippen molar-refractivity contribution in [2.75, 3.05) is 11.9 Å². The van der Waals surface area contributed by atoms with Crippen LogP contribution < -0.4 is 4.90 Å². The van der Waals surface area contributed by atoms with E-state index in [2.05, 4.69) is 18.0 Å². The van der Waals surface area contributed by atoms with E-state index in [-0.39, 0.29) is 6.10 Å². The van der Waals surface area contributed by atoms with Crippen molar-refractivity contribution in [3.05, 3.63) is 29.8 Å². The molecule has 2 heteroatoms. The fraction of sp³-hybridized carbons (Fsp3) is 0.571. The lowest BCUT2D eigenvalue weighted by atomic mass is 10.1. The summed E-state index contributed by atoms with van der Waals surface area (Å²) in [6, 6.07) is 8.83. The molecule has 16 heavy (non-hydrogen) atoms.